The van der Waals surface area contributed by atoms with Crippen molar-refractivity contribution in [3.8, 4) is 11.5 Å². The van der Waals surface area contributed by atoms with Crippen LogP contribution >= 0.6 is 23.2 Å². The zero-order valence-corrected chi connectivity index (χ0v) is 26.1. The number of pyridine rings is 1. The van der Waals surface area contributed by atoms with E-state index in [1.54, 1.807) is 0 Å². The van der Waals surface area contributed by atoms with E-state index in [9.17, 15) is 35.6 Å². The number of nitrogens with zero attached hydrogens (tertiary/aromatic N) is 1. The molecule has 1 fully saturated rings. The van der Waals surface area contributed by atoms with Crippen LogP contribution in [0.15, 0.2) is 64.6 Å². The van der Waals surface area contributed by atoms with Gasteiger partial charge >= 0.3 is 12.6 Å². The molecule has 2 aromatic carbocycles. The fraction of sp³-hybridized carbons (Fsp3) is 0.333. The van der Waals surface area contributed by atoms with Crippen molar-refractivity contribution in [1.82, 2.24) is 4.72 Å². The number of carbonyl (C=O) groups is 1. The molecule has 0 amide bonds. The topological polar surface area (TPSA) is 152 Å². The highest BCUT2D eigenvalue weighted by Gasteiger charge is 2.27. The number of esters is 1. The summed E-state index contributed by atoms with van der Waals surface area (Å²) in [4.78, 5) is 12.5. The van der Waals surface area contributed by atoms with Gasteiger partial charge in [0.25, 0.3) is 0 Å². The molecule has 238 valence electrons. The third-order valence-corrected chi connectivity index (χ3v) is 9.61. The van der Waals surface area contributed by atoms with E-state index in [-0.39, 0.29) is 61.4 Å². The summed E-state index contributed by atoms with van der Waals surface area (Å²) in [5.74, 6) is -1.05. The largest absolute Gasteiger partial charge is 0.619 e. The summed E-state index contributed by atoms with van der Waals surface area (Å²) in [7, 11) is -7.82. The van der Waals surface area contributed by atoms with Crippen molar-refractivity contribution in [3.63, 3.8) is 0 Å². The van der Waals surface area contributed by atoms with Gasteiger partial charge in [0.15, 0.2) is 33.7 Å². The lowest BCUT2D eigenvalue weighted by atomic mass is 10.0. The summed E-state index contributed by atoms with van der Waals surface area (Å²) in [6, 6.07) is 8.29. The zero-order chi connectivity index (χ0) is 32.2. The van der Waals surface area contributed by atoms with Crippen LogP contribution in [0.1, 0.15) is 30.1 Å². The molecule has 1 heterocycles. The lowest BCUT2D eigenvalue weighted by Crippen LogP contribution is -2.32. The number of carbonyl (C=O) groups excluding carboxylic acids is 1. The molecule has 0 unspecified atom stereocenters. The Labute approximate surface area is 262 Å². The smallest absolute Gasteiger partial charge is 0.387 e. The minimum Gasteiger partial charge on any atom is -0.619 e. The van der Waals surface area contributed by atoms with Gasteiger partial charge in [-0.1, -0.05) is 29.3 Å². The fourth-order valence-electron chi connectivity index (χ4n) is 3.97. The normalized spacial score (nSPS) is 14.3. The maximum absolute atomic E-state index is 13.0. The molecule has 1 N–H and O–H groups in total. The quantitative estimate of drug-likeness (QED) is 0.148. The van der Waals surface area contributed by atoms with Gasteiger partial charge in [0.2, 0.25) is 10.0 Å². The number of ether oxygens (including phenoxy) is 3. The Bertz CT molecular complexity index is 1720. The highest BCUT2D eigenvalue weighted by molar-refractivity contribution is 7.90. The van der Waals surface area contributed by atoms with Gasteiger partial charge < -0.3 is 19.4 Å². The predicted octanol–water partition coefficient (Wildman–Crippen LogP) is 4.23. The number of nitrogens with one attached hydrogen (secondary N) is 1. The molecule has 0 spiro atoms. The van der Waals surface area contributed by atoms with Gasteiger partial charge in [0.05, 0.1) is 16.4 Å². The molecule has 1 aromatic heterocycles. The Morgan fingerprint density at radius 2 is 1.64 bits per heavy atom. The van der Waals surface area contributed by atoms with E-state index in [0.717, 1.165) is 55.8 Å². The summed E-state index contributed by atoms with van der Waals surface area (Å²) in [5.41, 5.74) is 0.467. The van der Waals surface area contributed by atoms with Crippen molar-refractivity contribution < 1.29 is 49.4 Å². The number of rotatable bonds is 14. The fourth-order valence-corrected chi connectivity index (χ4v) is 6.16. The van der Waals surface area contributed by atoms with Crippen LogP contribution in [0.4, 0.5) is 8.78 Å². The van der Waals surface area contributed by atoms with Gasteiger partial charge in [-0.05, 0) is 60.7 Å². The Kier molecular flexibility index (Phi) is 10.6. The molecular formula is C27H26Cl2F2N2O9S2. The van der Waals surface area contributed by atoms with E-state index < -0.39 is 45.1 Å². The Morgan fingerprint density at radius 3 is 2.20 bits per heavy atom. The van der Waals surface area contributed by atoms with E-state index in [4.69, 9.17) is 32.7 Å². The van der Waals surface area contributed by atoms with E-state index in [1.165, 1.54) is 18.2 Å². The van der Waals surface area contributed by atoms with Crippen LogP contribution < -0.4 is 18.9 Å². The number of hydrogen-bond acceptors (Lipinski definition) is 9. The van der Waals surface area contributed by atoms with Gasteiger partial charge in [-0.15, -0.1) is 0 Å². The van der Waals surface area contributed by atoms with Crippen molar-refractivity contribution in [2.24, 2.45) is 5.92 Å². The van der Waals surface area contributed by atoms with Gasteiger partial charge in [-0.2, -0.15) is 18.2 Å². The maximum atomic E-state index is 13.0. The van der Waals surface area contributed by atoms with Crippen LogP contribution in [0.5, 0.6) is 11.5 Å². The first-order valence-corrected chi connectivity index (χ1v) is 17.0. The molecule has 44 heavy (non-hydrogen) atoms. The first-order chi connectivity index (χ1) is 20.6. The molecule has 3 aromatic rings. The summed E-state index contributed by atoms with van der Waals surface area (Å²) >= 11 is 12.5. The van der Waals surface area contributed by atoms with Gasteiger partial charge in [0, 0.05) is 18.2 Å². The molecular weight excluding hydrogens is 669 g/mol. The van der Waals surface area contributed by atoms with Crippen molar-refractivity contribution >= 4 is 49.0 Å². The number of halogens is 4. The zero-order valence-electron chi connectivity index (χ0n) is 22.9. The summed E-state index contributed by atoms with van der Waals surface area (Å²) < 4.78 is 93.3. The Hall–Kier alpha value is -3.24. The van der Waals surface area contributed by atoms with Crippen molar-refractivity contribution in [1.29, 1.82) is 0 Å². The second-order valence-electron chi connectivity index (χ2n) is 9.88. The lowest BCUT2D eigenvalue weighted by Gasteiger charge is -2.21. The molecule has 1 aliphatic rings. The highest BCUT2D eigenvalue weighted by atomic mass is 35.5. The minimum atomic E-state index is -4.26. The van der Waals surface area contributed by atoms with Crippen molar-refractivity contribution in [2.75, 3.05) is 19.4 Å². The number of aromatic nitrogens is 1. The molecule has 11 nitrogen and oxygen atoms in total. The molecule has 1 atom stereocenters. The van der Waals surface area contributed by atoms with Crippen molar-refractivity contribution in [3.05, 3.63) is 81.2 Å². The number of benzene rings is 2. The van der Waals surface area contributed by atoms with Crippen LogP contribution in [0.3, 0.4) is 0 Å². The summed E-state index contributed by atoms with van der Waals surface area (Å²) in [6.07, 6.45) is 3.49. The monoisotopic (exact) mass is 694 g/mol. The van der Waals surface area contributed by atoms with Gasteiger partial charge in [0.1, 0.15) is 22.7 Å². The van der Waals surface area contributed by atoms with Crippen molar-refractivity contribution in [2.45, 2.75) is 41.8 Å². The van der Waals surface area contributed by atoms with E-state index in [2.05, 4.69) is 9.46 Å². The number of alkyl halides is 2. The molecule has 1 aliphatic carbocycles. The standard InChI is InChI=1S/C27H26Cl2F2N2O9S2/c1-43(36,37)18-5-7-19(8-6-18)44(38,39)32-12-26(34)41-24(11-20-21(28)13-33(35)14-22(20)29)17-4-9-23(42-27(30)31)25(10-17)40-15-16-2-3-16/h4-10,13-14,16,24,27,32H,2-3,11-12,15H2,1H3/t24-/m0/s1. The molecule has 0 saturated heterocycles. The van der Waals surface area contributed by atoms with Crippen LogP contribution in [0.2, 0.25) is 10.0 Å². The molecule has 0 aliphatic heterocycles. The number of sulfone groups is 1. The molecule has 0 bridgehead atoms. The third kappa shape index (κ3) is 9.14. The summed E-state index contributed by atoms with van der Waals surface area (Å²) in [5, 5.41) is 11.6. The average molecular weight is 696 g/mol. The first-order valence-electron chi connectivity index (χ1n) is 12.9. The minimum absolute atomic E-state index is 0.0309. The number of hydrogen-bond donors (Lipinski definition) is 1. The second-order valence-corrected chi connectivity index (χ2v) is 14.5. The molecule has 17 heteroatoms. The van der Waals surface area contributed by atoms with Gasteiger partial charge in [-0.25, -0.2) is 16.8 Å². The third-order valence-electron chi connectivity index (χ3n) is 6.42. The van der Waals surface area contributed by atoms with Crippen LogP contribution in [0, 0.1) is 11.1 Å². The predicted molar refractivity (Wildman–Crippen MR) is 154 cm³/mol. The molecule has 1 saturated carbocycles. The second kappa shape index (κ2) is 13.8. The van der Waals surface area contributed by atoms with Crippen LogP contribution in [0.25, 0.3) is 0 Å². The maximum Gasteiger partial charge on any atom is 0.387 e. The van der Waals surface area contributed by atoms with Crippen LogP contribution in [-0.4, -0.2) is 48.8 Å². The molecule has 0 radical (unpaired) electrons. The van der Waals surface area contributed by atoms with E-state index >= 15 is 0 Å². The Balaban J connectivity index is 1.58. The first kappa shape index (κ1) is 33.6. The van der Waals surface area contributed by atoms with Crippen LogP contribution in [-0.2, 0) is 35.8 Å². The summed E-state index contributed by atoms with van der Waals surface area (Å²) in [6.45, 7) is -3.71. The van der Waals surface area contributed by atoms with E-state index in [0.29, 0.717) is 4.73 Å². The lowest BCUT2D eigenvalue weighted by molar-refractivity contribution is -0.605. The average Bonchev–Trinajstić information content (AvgIpc) is 3.77. The van der Waals surface area contributed by atoms with E-state index in [1.807, 2.05) is 0 Å². The SMILES string of the molecule is CS(=O)(=O)c1ccc(S(=O)(=O)NCC(=O)O[C@@H](Cc2c(Cl)c[n+]([O-])cc2Cl)c2ccc(OC(F)F)c(OCC3CC3)c2)cc1. The highest BCUT2D eigenvalue weighted by Crippen LogP contribution is 2.37. The van der Waals surface area contributed by atoms with Gasteiger partial charge in [-0.3, -0.25) is 4.79 Å². The molecule has 4 rings (SSSR count). The Morgan fingerprint density at radius 1 is 1.02 bits per heavy atom. The number of sulfonamides is 1.